The normalized spacial score (nSPS) is 10.7. The minimum atomic E-state index is -1.08. The summed E-state index contributed by atoms with van der Waals surface area (Å²) in [6, 6.07) is 6.88. The minimum Gasteiger partial charge on any atom is -0.476 e. The van der Waals surface area contributed by atoms with Crippen LogP contribution >= 0.6 is 0 Å². The molecule has 0 aliphatic heterocycles. The van der Waals surface area contributed by atoms with E-state index < -0.39 is 5.97 Å². The standard InChI is InChI=1S/C13H10N4O2/c14-9-3-5-17-10(6-9)11(13(18)19)16-12(17)8-2-1-4-15-7-8/h1-7H,14H2,(H,18,19). The van der Waals surface area contributed by atoms with Crippen molar-refractivity contribution in [3.8, 4) is 11.4 Å². The number of anilines is 1. The molecule has 0 fully saturated rings. The van der Waals surface area contributed by atoms with Gasteiger partial charge in [-0.25, -0.2) is 9.78 Å². The third kappa shape index (κ3) is 1.79. The highest BCUT2D eigenvalue weighted by atomic mass is 16.4. The van der Waals surface area contributed by atoms with Crippen molar-refractivity contribution in [2.45, 2.75) is 0 Å². The lowest BCUT2D eigenvalue weighted by Crippen LogP contribution is -1.97. The van der Waals surface area contributed by atoms with E-state index in [1.165, 1.54) is 0 Å². The second-order valence-corrected chi connectivity index (χ2v) is 4.05. The molecule has 0 saturated heterocycles. The number of fused-ring (bicyclic) bond motifs is 1. The van der Waals surface area contributed by atoms with Crippen molar-refractivity contribution >= 4 is 17.2 Å². The zero-order chi connectivity index (χ0) is 13.4. The number of aromatic carboxylic acids is 1. The van der Waals surface area contributed by atoms with Crippen LogP contribution in [0.1, 0.15) is 10.5 Å². The first-order valence-corrected chi connectivity index (χ1v) is 5.58. The lowest BCUT2D eigenvalue weighted by atomic mass is 10.2. The molecule has 0 aromatic carbocycles. The van der Waals surface area contributed by atoms with Crippen LogP contribution in [-0.2, 0) is 0 Å². The Bertz CT molecular complexity index is 765. The van der Waals surface area contributed by atoms with Gasteiger partial charge < -0.3 is 10.8 Å². The molecule has 0 saturated carbocycles. The van der Waals surface area contributed by atoms with Crippen LogP contribution in [0.5, 0.6) is 0 Å². The number of carboxylic acid groups (broad SMARTS) is 1. The number of nitrogens with zero attached hydrogens (tertiary/aromatic N) is 3. The van der Waals surface area contributed by atoms with Crippen molar-refractivity contribution in [2.75, 3.05) is 5.73 Å². The summed E-state index contributed by atoms with van der Waals surface area (Å²) < 4.78 is 1.69. The van der Waals surface area contributed by atoms with Gasteiger partial charge in [-0.3, -0.25) is 9.38 Å². The van der Waals surface area contributed by atoms with E-state index in [9.17, 15) is 9.90 Å². The summed E-state index contributed by atoms with van der Waals surface area (Å²) in [6.07, 6.45) is 4.98. The number of carbonyl (C=O) groups is 1. The number of hydrogen-bond acceptors (Lipinski definition) is 4. The van der Waals surface area contributed by atoms with Gasteiger partial charge in [-0.1, -0.05) is 0 Å². The molecule has 3 aromatic heterocycles. The lowest BCUT2D eigenvalue weighted by Gasteiger charge is -2.01. The van der Waals surface area contributed by atoms with Gasteiger partial charge in [0.15, 0.2) is 5.69 Å². The van der Waals surface area contributed by atoms with Crippen molar-refractivity contribution in [3.63, 3.8) is 0 Å². The fourth-order valence-electron chi connectivity index (χ4n) is 1.96. The van der Waals surface area contributed by atoms with Crippen LogP contribution in [0.4, 0.5) is 5.69 Å². The first-order chi connectivity index (χ1) is 9.16. The topological polar surface area (TPSA) is 93.5 Å². The molecule has 0 aliphatic rings. The quantitative estimate of drug-likeness (QED) is 0.725. The van der Waals surface area contributed by atoms with Gasteiger partial charge in [0, 0.05) is 29.8 Å². The Morgan fingerprint density at radius 1 is 1.37 bits per heavy atom. The number of rotatable bonds is 2. The molecule has 0 unspecified atom stereocenters. The third-order valence-corrected chi connectivity index (χ3v) is 2.79. The van der Waals surface area contributed by atoms with E-state index >= 15 is 0 Å². The number of hydrogen-bond donors (Lipinski definition) is 2. The van der Waals surface area contributed by atoms with Crippen LogP contribution in [-0.4, -0.2) is 25.4 Å². The number of carboxylic acids is 1. The van der Waals surface area contributed by atoms with E-state index in [2.05, 4.69) is 9.97 Å². The molecule has 0 spiro atoms. The van der Waals surface area contributed by atoms with E-state index in [0.717, 1.165) is 5.56 Å². The molecule has 0 aliphatic carbocycles. The molecule has 0 atom stereocenters. The number of imidazole rings is 1. The second-order valence-electron chi connectivity index (χ2n) is 4.05. The van der Waals surface area contributed by atoms with Crippen molar-refractivity contribution in [1.29, 1.82) is 0 Å². The number of aromatic nitrogens is 3. The fourth-order valence-corrected chi connectivity index (χ4v) is 1.96. The number of nitrogen functional groups attached to an aromatic ring is 1. The summed E-state index contributed by atoms with van der Waals surface area (Å²) in [6.45, 7) is 0. The lowest BCUT2D eigenvalue weighted by molar-refractivity contribution is 0.0693. The van der Waals surface area contributed by atoms with E-state index in [1.807, 2.05) is 6.07 Å². The van der Waals surface area contributed by atoms with Crippen LogP contribution in [0.15, 0.2) is 42.9 Å². The van der Waals surface area contributed by atoms with Crippen molar-refractivity contribution in [1.82, 2.24) is 14.4 Å². The average Bonchev–Trinajstić information content (AvgIpc) is 2.78. The molecule has 19 heavy (non-hydrogen) atoms. The van der Waals surface area contributed by atoms with Gasteiger partial charge in [0.1, 0.15) is 5.82 Å². The van der Waals surface area contributed by atoms with Crippen LogP contribution in [0.3, 0.4) is 0 Å². The van der Waals surface area contributed by atoms with Crippen molar-refractivity contribution in [2.24, 2.45) is 0 Å². The van der Waals surface area contributed by atoms with Gasteiger partial charge in [-0.05, 0) is 24.3 Å². The van der Waals surface area contributed by atoms with E-state index in [-0.39, 0.29) is 5.69 Å². The maximum Gasteiger partial charge on any atom is 0.356 e. The molecule has 6 nitrogen and oxygen atoms in total. The highest BCUT2D eigenvalue weighted by Gasteiger charge is 2.17. The first kappa shape index (κ1) is 11.2. The Hall–Kier alpha value is -2.89. The molecule has 3 heterocycles. The maximum absolute atomic E-state index is 11.2. The van der Waals surface area contributed by atoms with Crippen LogP contribution < -0.4 is 5.73 Å². The van der Waals surface area contributed by atoms with Gasteiger partial charge in [0.25, 0.3) is 0 Å². The average molecular weight is 254 g/mol. The summed E-state index contributed by atoms with van der Waals surface area (Å²) in [7, 11) is 0. The molecule has 3 aromatic rings. The Kier molecular flexibility index (Phi) is 2.42. The van der Waals surface area contributed by atoms with E-state index in [1.54, 1.807) is 41.2 Å². The van der Waals surface area contributed by atoms with Crippen LogP contribution in [0.25, 0.3) is 16.9 Å². The van der Waals surface area contributed by atoms with Gasteiger partial charge >= 0.3 is 5.97 Å². The van der Waals surface area contributed by atoms with Crippen LogP contribution in [0, 0.1) is 0 Å². The largest absolute Gasteiger partial charge is 0.476 e. The zero-order valence-corrected chi connectivity index (χ0v) is 9.82. The highest BCUT2D eigenvalue weighted by Crippen LogP contribution is 2.23. The summed E-state index contributed by atoms with van der Waals surface area (Å²) in [5.41, 5.74) is 7.37. The molecule has 94 valence electrons. The van der Waals surface area contributed by atoms with E-state index in [0.29, 0.717) is 17.0 Å². The molecule has 0 bridgehead atoms. The Balaban J connectivity index is 2.35. The van der Waals surface area contributed by atoms with Gasteiger partial charge in [0.2, 0.25) is 0 Å². The molecular formula is C13H10N4O2. The molecule has 0 amide bonds. The second kappa shape index (κ2) is 4.09. The van der Waals surface area contributed by atoms with Crippen molar-refractivity contribution in [3.05, 3.63) is 48.5 Å². The maximum atomic E-state index is 11.2. The first-order valence-electron chi connectivity index (χ1n) is 5.58. The number of nitrogens with two attached hydrogens (primary N) is 1. The third-order valence-electron chi connectivity index (χ3n) is 2.79. The molecular weight excluding hydrogens is 244 g/mol. The number of pyridine rings is 2. The molecule has 3 N–H and O–H groups in total. The Labute approximate surface area is 108 Å². The monoisotopic (exact) mass is 254 g/mol. The fraction of sp³-hybridized carbons (Fsp3) is 0. The Morgan fingerprint density at radius 2 is 2.21 bits per heavy atom. The SMILES string of the molecule is Nc1ccn2c(-c3cccnc3)nc(C(=O)O)c2c1. The predicted molar refractivity (Wildman–Crippen MR) is 69.8 cm³/mol. The predicted octanol–water partition coefficient (Wildman–Crippen LogP) is 1.68. The Morgan fingerprint density at radius 3 is 2.89 bits per heavy atom. The summed E-state index contributed by atoms with van der Waals surface area (Å²) in [5.74, 6) is -0.557. The summed E-state index contributed by atoms with van der Waals surface area (Å²) in [5, 5.41) is 9.20. The van der Waals surface area contributed by atoms with E-state index in [4.69, 9.17) is 5.73 Å². The molecule has 0 radical (unpaired) electrons. The zero-order valence-electron chi connectivity index (χ0n) is 9.82. The van der Waals surface area contributed by atoms with Gasteiger partial charge in [-0.2, -0.15) is 0 Å². The smallest absolute Gasteiger partial charge is 0.356 e. The van der Waals surface area contributed by atoms with Crippen LogP contribution in [0.2, 0.25) is 0 Å². The molecule has 6 heteroatoms. The molecule has 3 rings (SSSR count). The van der Waals surface area contributed by atoms with Crippen molar-refractivity contribution < 1.29 is 9.90 Å². The van der Waals surface area contributed by atoms with Gasteiger partial charge in [-0.15, -0.1) is 0 Å². The summed E-state index contributed by atoms with van der Waals surface area (Å²) in [4.78, 5) is 19.4. The highest BCUT2D eigenvalue weighted by molar-refractivity contribution is 5.95. The minimum absolute atomic E-state index is 0.0221. The summed E-state index contributed by atoms with van der Waals surface area (Å²) >= 11 is 0. The van der Waals surface area contributed by atoms with Gasteiger partial charge in [0.05, 0.1) is 5.52 Å².